The van der Waals surface area contributed by atoms with E-state index in [4.69, 9.17) is 17.0 Å². The zero-order valence-electron chi connectivity index (χ0n) is 14.9. The van der Waals surface area contributed by atoms with Crippen molar-refractivity contribution in [2.75, 3.05) is 6.61 Å². The molecule has 1 aliphatic rings. The minimum absolute atomic E-state index is 0.0403. The average molecular weight is 349 g/mol. The smallest absolute Gasteiger partial charge is 0.264 e. The van der Waals surface area contributed by atoms with Gasteiger partial charge in [0.2, 0.25) is 0 Å². The van der Waals surface area contributed by atoms with Gasteiger partial charge in [-0.25, -0.2) is 0 Å². The Kier molecular flexibility index (Phi) is 6.60. The third-order valence-electron chi connectivity index (χ3n) is 4.28. The molecule has 0 unspecified atom stereocenters. The van der Waals surface area contributed by atoms with Crippen LogP contribution in [-0.4, -0.2) is 23.7 Å². The molecule has 1 aromatic rings. The van der Waals surface area contributed by atoms with Gasteiger partial charge in [0.05, 0.1) is 0 Å². The van der Waals surface area contributed by atoms with Crippen LogP contribution < -0.4 is 15.4 Å². The van der Waals surface area contributed by atoms with Crippen molar-refractivity contribution in [3.05, 3.63) is 29.8 Å². The van der Waals surface area contributed by atoms with Gasteiger partial charge in [0, 0.05) is 6.04 Å². The number of thiocarbonyl (C=S) groups is 1. The van der Waals surface area contributed by atoms with Gasteiger partial charge in [-0.1, -0.05) is 52.2 Å². The summed E-state index contributed by atoms with van der Waals surface area (Å²) in [6, 6.07) is 8.24. The first kappa shape index (κ1) is 18.7. The Morgan fingerprint density at radius 3 is 2.38 bits per heavy atom. The van der Waals surface area contributed by atoms with Gasteiger partial charge in [-0.3, -0.25) is 4.79 Å². The highest BCUT2D eigenvalue weighted by Crippen LogP contribution is 2.24. The van der Waals surface area contributed by atoms with Crippen molar-refractivity contribution in [2.24, 2.45) is 0 Å². The lowest BCUT2D eigenvalue weighted by atomic mass is 9.87. The molecule has 5 heteroatoms. The Morgan fingerprint density at radius 1 is 1.17 bits per heavy atom. The van der Waals surface area contributed by atoms with Crippen LogP contribution in [0.2, 0.25) is 0 Å². The van der Waals surface area contributed by atoms with E-state index in [0.29, 0.717) is 16.9 Å². The molecular formula is C19H28N2O2S. The fraction of sp³-hybridized carbons (Fsp3) is 0.579. The fourth-order valence-electron chi connectivity index (χ4n) is 2.83. The van der Waals surface area contributed by atoms with Crippen molar-refractivity contribution < 1.29 is 9.53 Å². The highest BCUT2D eigenvalue weighted by molar-refractivity contribution is 7.80. The second-order valence-electron chi connectivity index (χ2n) is 7.42. The van der Waals surface area contributed by atoms with Crippen LogP contribution in [0.5, 0.6) is 5.75 Å². The summed E-state index contributed by atoms with van der Waals surface area (Å²) in [7, 11) is 0. The molecule has 1 amide bonds. The summed E-state index contributed by atoms with van der Waals surface area (Å²) in [6.45, 7) is 6.45. The zero-order chi connectivity index (χ0) is 17.6. The van der Waals surface area contributed by atoms with Crippen molar-refractivity contribution in [2.45, 2.75) is 64.3 Å². The number of carbonyl (C=O) groups is 1. The average Bonchev–Trinajstić information content (AvgIpc) is 2.53. The Labute approximate surface area is 150 Å². The molecule has 2 N–H and O–H groups in total. The number of rotatable bonds is 4. The van der Waals surface area contributed by atoms with Crippen LogP contribution in [0.4, 0.5) is 0 Å². The standard InChI is InChI=1S/C19H28N2O2S/c1-19(2,3)14-9-11-16(12-10-14)23-13-17(22)21-18(24)20-15-7-5-4-6-8-15/h9-12,15H,4-8,13H2,1-3H3,(H2,20,21,22,24). The molecule has 0 spiro atoms. The first-order valence-electron chi connectivity index (χ1n) is 8.68. The molecule has 0 radical (unpaired) electrons. The lowest BCUT2D eigenvalue weighted by molar-refractivity contribution is -0.121. The molecule has 24 heavy (non-hydrogen) atoms. The normalized spacial score (nSPS) is 15.6. The molecule has 1 saturated carbocycles. The summed E-state index contributed by atoms with van der Waals surface area (Å²) in [6.07, 6.45) is 5.97. The van der Waals surface area contributed by atoms with Crippen LogP contribution in [0.3, 0.4) is 0 Å². The van der Waals surface area contributed by atoms with E-state index in [2.05, 4.69) is 31.4 Å². The maximum absolute atomic E-state index is 11.9. The summed E-state index contributed by atoms with van der Waals surface area (Å²) >= 11 is 5.20. The van der Waals surface area contributed by atoms with Gasteiger partial charge in [0.1, 0.15) is 5.75 Å². The molecule has 1 aromatic carbocycles. The van der Waals surface area contributed by atoms with Crippen molar-refractivity contribution in [3.63, 3.8) is 0 Å². The minimum atomic E-state index is -0.233. The van der Waals surface area contributed by atoms with E-state index in [9.17, 15) is 4.79 Å². The molecule has 132 valence electrons. The van der Waals surface area contributed by atoms with Crippen molar-refractivity contribution in [1.29, 1.82) is 0 Å². The van der Waals surface area contributed by atoms with Gasteiger partial charge in [0.15, 0.2) is 11.7 Å². The van der Waals surface area contributed by atoms with Gasteiger partial charge in [0.25, 0.3) is 5.91 Å². The lowest BCUT2D eigenvalue weighted by Gasteiger charge is -2.24. The summed E-state index contributed by atoms with van der Waals surface area (Å²) in [5.41, 5.74) is 1.34. The summed E-state index contributed by atoms with van der Waals surface area (Å²) in [4.78, 5) is 11.9. The van der Waals surface area contributed by atoms with Crippen LogP contribution >= 0.6 is 12.2 Å². The monoisotopic (exact) mass is 348 g/mol. The van der Waals surface area contributed by atoms with Gasteiger partial charge in [-0.05, 0) is 48.2 Å². The molecule has 0 atom stereocenters. The number of amides is 1. The van der Waals surface area contributed by atoms with E-state index >= 15 is 0 Å². The molecule has 1 aliphatic carbocycles. The maximum atomic E-state index is 11.9. The third-order valence-corrected chi connectivity index (χ3v) is 4.50. The van der Waals surface area contributed by atoms with Crippen molar-refractivity contribution in [1.82, 2.24) is 10.6 Å². The van der Waals surface area contributed by atoms with Gasteiger partial charge in [-0.2, -0.15) is 0 Å². The van der Waals surface area contributed by atoms with Crippen LogP contribution in [0.1, 0.15) is 58.4 Å². The molecule has 0 heterocycles. The van der Waals surface area contributed by atoms with Crippen LogP contribution in [0.25, 0.3) is 0 Å². The molecular weight excluding hydrogens is 320 g/mol. The Hall–Kier alpha value is -1.62. The number of hydrogen-bond acceptors (Lipinski definition) is 3. The number of nitrogens with one attached hydrogen (secondary N) is 2. The number of hydrogen-bond donors (Lipinski definition) is 2. The fourth-order valence-corrected chi connectivity index (χ4v) is 3.11. The first-order chi connectivity index (χ1) is 11.3. The van der Waals surface area contributed by atoms with Gasteiger partial charge < -0.3 is 15.4 Å². The quantitative estimate of drug-likeness (QED) is 0.815. The molecule has 0 saturated heterocycles. The van der Waals surface area contributed by atoms with Crippen molar-refractivity contribution in [3.8, 4) is 5.75 Å². The topological polar surface area (TPSA) is 50.4 Å². The third kappa shape index (κ3) is 6.11. The van der Waals surface area contributed by atoms with E-state index in [1.807, 2.05) is 24.3 Å². The molecule has 0 aromatic heterocycles. The minimum Gasteiger partial charge on any atom is -0.484 e. The van der Waals surface area contributed by atoms with E-state index < -0.39 is 0 Å². The maximum Gasteiger partial charge on any atom is 0.264 e. The van der Waals surface area contributed by atoms with Crippen LogP contribution in [0, 0.1) is 0 Å². The molecule has 1 fully saturated rings. The summed E-state index contributed by atoms with van der Waals surface area (Å²) in [5, 5.41) is 6.31. The number of ether oxygens (including phenoxy) is 1. The van der Waals surface area contributed by atoms with E-state index in [1.54, 1.807) is 0 Å². The zero-order valence-corrected chi connectivity index (χ0v) is 15.7. The van der Waals surface area contributed by atoms with E-state index in [0.717, 1.165) is 12.8 Å². The Morgan fingerprint density at radius 2 is 1.79 bits per heavy atom. The highest BCUT2D eigenvalue weighted by atomic mass is 32.1. The Balaban J connectivity index is 1.73. The lowest BCUT2D eigenvalue weighted by Crippen LogP contribution is -2.46. The van der Waals surface area contributed by atoms with Gasteiger partial charge in [-0.15, -0.1) is 0 Å². The second-order valence-corrected chi connectivity index (χ2v) is 7.83. The SMILES string of the molecule is CC(C)(C)c1ccc(OCC(=O)NC(=S)NC2CCCCC2)cc1. The van der Waals surface area contributed by atoms with Crippen LogP contribution in [0.15, 0.2) is 24.3 Å². The van der Waals surface area contributed by atoms with Crippen molar-refractivity contribution >= 4 is 23.2 Å². The van der Waals surface area contributed by atoms with Crippen LogP contribution in [-0.2, 0) is 10.2 Å². The molecule has 0 bridgehead atoms. The summed E-state index contributed by atoms with van der Waals surface area (Å²) in [5.74, 6) is 0.451. The predicted octanol–water partition coefficient (Wildman–Crippen LogP) is 3.69. The second kappa shape index (κ2) is 8.47. The number of benzene rings is 1. The Bertz CT molecular complexity index is 558. The summed E-state index contributed by atoms with van der Waals surface area (Å²) < 4.78 is 5.53. The largest absolute Gasteiger partial charge is 0.484 e. The number of carbonyl (C=O) groups excluding carboxylic acids is 1. The molecule has 0 aliphatic heterocycles. The molecule has 4 nitrogen and oxygen atoms in total. The van der Waals surface area contributed by atoms with Gasteiger partial charge >= 0.3 is 0 Å². The highest BCUT2D eigenvalue weighted by Gasteiger charge is 2.16. The van der Waals surface area contributed by atoms with E-state index in [-0.39, 0.29) is 17.9 Å². The first-order valence-corrected chi connectivity index (χ1v) is 9.09. The predicted molar refractivity (Wildman–Crippen MR) is 101 cm³/mol. The molecule has 2 rings (SSSR count). The van der Waals surface area contributed by atoms with E-state index in [1.165, 1.54) is 24.8 Å².